The molecule has 4 rings (SSSR count). The van der Waals surface area contributed by atoms with E-state index in [0.717, 1.165) is 16.7 Å². The first kappa shape index (κ1) is 32.3. The summed E-state index contributed by atoms with van der Waals surface area (Å²) in [5.41, 5.74) is 6.20. The molecule has 9 nitrogen and oxygen atoms in total. The van der Waals surface area contributed by atoms with Crippen LogP contribution in [0.25, 0.3) is 0 Å². The normalized spacial score (nSPS) is 19.1. The Bertz CT molecular complexity index is 1300. The summed E-state index contributed by atoms with van der Waals surface area (Å²) >= 11 is 0. The number of ether oxygens (including phenoxy) is 2. The molecule has 4 atom stereocenters. The second-order valence-electron chi connectivity index (χ2n) is 11.1. The van der Waals surface area contributed by atoms with Crippen molar-refractivity contribution in [3.8, 4) is 0 Å². The van der Waals surface area contributed by atoms with Crippen molar-refractivity contribution in [1.82, 2.24) is 10.4 Å². The van der Waals surface area contributed by atoms with Gasteiger partial charge in [-0.05, 0) is 55.6 Å². The molecule has 9 heteroatoms. The number of likely N-dealkylation sites (N-methyl/N-ethyl adjacent to an activating group) is 1. The van der Waals surface area contributed by atoms with E-state index in [1.165, 1.54) is 5.56 Å². The van der Waals surface area contributed by atoms with Gasteiger partial charge in [-0.2, -0.15) is 0 Å². The largest absolute Gasteiger partial charge is 0.392 e. The maximum absolute atomic E-state index is 12.6. The van der Waals surface area contributed by atoms with Gasteiger partial charge in [0.1, 0.15) is 0 Å². The number of carbonyl (C=O) groups excluding carboxylic acids is 2. The minimum atomic E-state index is -0.628. The first-order valence-corrected chi connectivity index (χ1v) is 14.9. The van der Waals surface area contributed by atoms with E-state index < -0.39 is 12.2 Å². The van der Waals surface area contributed by atoms with Crippen LogP contribution in [0.3, 0.4) is 0 Å². The molecule has 0 spiro atoms. The number of hydroxylamine groups is 1. The number of hydrogen-bond acceptors (Lipinski definition) is 7. The highest BCUT2D eigenvalue weighted by Gasteiger charge is 2.33. The molecule has 0 bridgehead atoms. The van der Waals surface area contributed by atoms with Gasteiger partial charge in [-0.3, -0.25) is 19.7 Å². The van der Waals surface area contributed by atoms with Gasteiger partial charge >= 0.3 is 0 Å². The summed E-state index contributed by atoms with van der Waals surface area (Å²) in [6.07, 6.45) is 2.27. The number of aliphatic hydroxyl groups is 1. The molecule has 1 fully saturated rings. The quantitative estimate of drug-likeness (QED) is 0.106. The van der Waals surface area contributed by atoms with E-state index in [9.17, 15) is 14.7 Å². The summed E-state index contributed by atoms with van der Waals surface area (Å²) in [6, 6.07) is 26.0. The highest BCUT2D eigenvalue weighted by molar-refractivity contribution is 5.90. The van der Waals surface area contributed by atoms with E-state index in [1.807, 2.05) is 54.6 Å². The number of unbranched alkanes of at least 4 members (excludes halogenated alkanes) is 2. The Kier molecular flexibility index (Phi) is 12.3. The van der Waals surface area contributed by atoms with Crippen molar-refractivity contribution >= 4 is 17.5 Å². The molecular weight excluding hydrogens is 546 g/mol. The minimum absolute atomic E-state index is 0.0122. The number of nitrogens with one attached hydrogen (secondary N) is 2. The van der Waals surface area contributed by atoms with Crippen LogP contribution in [-0.2, 0) is 25.7 Å². The molecule has 2 amide bonds. The van der Waals surface area contributed by atoms with Gasteiger partial charge in [-0.15, -0.1) is 0 Å². The zero-order chi connectivity index (χ0) is 30.6. The summed E-state index contributed by atoms with van der Waals surface area (Å²) in [7, 11) is 2.11. The number of benzene rings is 3. The highest BCUT2D eigenvalue weighted by Crippen LogP contribution is 2.39. The second-order valence-corrected chi connectivity index (χ2v) is 11.1. The zero-order valence-corrected chi connectivity index (χ0v) is 24.9. The van der Waals surface area contributed by atoms with Crippen LogP contribution in [0.15, 0.2) is 78.9 Å². The molecule has 0 saturated carbocycles. The van der Waals surface area contributed by atoms with Crippen LogP contribution in [0.4, 0.5) is 5.69 Å². The average molecular weight is 590 g/mol. The third-order valence-corrected chi connectivity index (χ3v) is 7.92. The molecule has 0 aliphatic carbocycles. The molecule has 1 aliphatic heterocycles. The summed E-state index contributed by atoms with van der Waals surface area (Å²) in [4.78, 5) is 26.0. The van der Waals surface area contributed by atoms with Gasteiger partial charge in [0.15, 0.2) is 6.29 Å². The average Bonchev–Trinajstić information content (AvgIpc) is 3.04. The third-order valence-electron chi connectivity index (χ3n) is 7.92. The third kappa shape index (κ3) is 9.71. The highest BCUT2D eigenvalue weighted by atomic mass is 16.7. The van der Waals surface area contributed by atoms with Crippen LogP contribution in [0.2, 0.25) is 0 Å². The monoisotopic (exact) mass is 589 g/mol. The second kappa shape index (κ2) is 16.3. The van der Waals surface area contributed by atoms with E-state index in [1.54, 1.807) is 5.48 Å². The number of amides is 2. The van der Waals surface area contributed by atoms with E-state index in [2.05, 4.69) is 48.5 Å². The first-order chi connectivity index (χ1) is 20.9. The van der Waals surface area contributed by atoms with Gasteiger partial charge in [0.05, 0.1) is 18.8 Å². The topological polar surface area (TPSA) is 120 Å². The van der Waals surface area contributed by atoms with Crippen molar-refractivity contribution in [3.63, 3.8) is 0 Å². The van der Waals surface area contributed by atoms with Gasteiger partial charge in [-0.25, -0.2) is 5.48 Å². The molecule has 1 aliphatic rings. The molecule has 4 N–H and O–H groups in total. The molecule has 230 valence electrons. The van der Waals surface area contributed by atoms with E-state index in [-0.39, 0.29) is 37.2 Å². The van der Waals surface area contributed by atoms with Gasteiger partial charge < -0.3 is 19.9 Å². The summed E-state index contributed by atoms with van der Waals surface area (Å²) in [6.45, 7) is 2.88. The van der Waals surface area contributed by atoms with Crippen LogP contribution < -0.4 is 10.8 Å². The lowest BCUT2D eigenvalue weighted by Crippen LogP contribution is -2.38. The lowest BCUT2D eigenvalue weighted by atomic mass is 9.99. The van der Waals surface area contributed by atoms with Crippen molar-refractivity contribution < 1.29 is 29.4 Å². The van der Waals surface area contributed by atoms with Crippen LogP contribution in [-0.4, -0.2) is 46.7 Å². The molecule has 1 saturated heterocycles. The Hall–Kier alpha value is -3.60. The standard InChI is InChI=1S/C34H43N3O6/c1-24(26-10-5-3-6-11-26)37(2)22-30-21-31(27-18-16-25(23-38)17-19-27)43-34(42-30)28-12-9-13-29(20-28)35-32(39)14-7-4-8-15-33(40)36-41/h3,5-6,9-13,16-20,24,30-31,34,38,41H,4,7-8,14-15,21-23H2,1-2H3,(H,35,39)(H,36,40). The van der Waals surface area contributed by atoms with E-state index >= 15 is 0 Å². The van der Waals surface area contributed by atoms with Crippen LogP contribution in [0.1, 0.15) is 86.1 Å². The Labute approximate surface area is 253 Å². The maximum Gasteiger partial charge on any atom is 0.243 e. The van der Waals surface area contributed by atoms with E-state index in [0.29, 0.717) is 44.3 Å². The Morgan fingerprint density at radius 1 is 0.907 bits per heavy atom. The number of carbonyl (C=O) groups is 2. The minimum Gasteiger partial charge on any atom is -0.392 e. The SMILES string of the molecule is CC(c1ccccc1)N(C)CC1CC(c2ccc(CO)cc2)OC(c2cccc(NC(=O)CCCCCC(=O)NO)c2)O1. The Morgan fingerprint density at radius 2 is 1.63 bits per heavy atom. The summed E-state index contributed by atoms with van der Waals surface area (Å²) in [5.74, 6) is -0.525. The molecule has 43 heavy (non-hydrogen) atoms. The maximum atomic E-state index is 12.6. The summed E-state index contributed by atoms with van der Waals surface area (Å²) in [5, 5.41) is 21.0. The number of hydrogen-bond donors (Lipinski definition) is 4. The number of nitrogens with zero attached hydrogens (tertiary/aromatic N) is 1. The molecule has 1 heterocycles. The van der Waals surface area contributed by atoms with Crippen molar-refractivity contribution in [3.05, 3.63) is 101 Å². The fraction of sp³-hybridized carbons (Fsp3) is 0.412. The van der Waals surface area contributed by atoms with Crippen LogP contribution in [0.5, 0.6) is 0 Å². The molecule has 3 aromatic rings. The van der Waals surface area contributed by atoms with Crippen molar-refractivity contribution in [2.24, 2.45) is 0 Å². The van der Waals surface area contributed by atoms with Crippen molar-refractivity contribution in [2.75, 3.05) is 18.9 Å². The predicted molar refractivity (Wildman–Crippen MR) is 164 cm³/mol. The fourth-order valence-corrected chi connectivity index (χ4v) is 5.29. The van der Waals surface area contributed by atoms with Crippen LogP contribution >= 0.6 is 0 Å². The smallest absolute Gasteiger partial charge is 0.243 e. The lowest BCUT2D eigenvalue weighted by Gasteiger charge is -2.39. The Morgan fingerprint density at radius 3 is 2.33 bits per heavy atom. The van der Waals surface area contributed by atoms with Gasteiger partial charge in [0.2, 0.25) is 11.8 Å². The van der Waals surface area contributed by atoms with Gasteiger partial charge in [0, 0.05) is 43.1 Å². The zero-order valence-electron chi connectivity index (χ0n) is 24.9. The molecule has 0 aromatic heterocycles. The fourth-order valence-electron chi connectivity index (χ4n) is 5.29. The Balaban J connectivity index is 1.43. The first-order valence-electron chi connectivity index (χ1n) is 14.9. The van der Waals surface area contributed by atoms with E-state index in [4.69, 9.17) is 14.7 Å². The van der Waals surface area contributed by atoms with Crippen molar-refractivity contribution in [2.45, 2.75) is 76.6 Å². The number of rotatable bonds is 14. The number of anilines is 1. The van der Waals surface area contributed by atoms with Crippen LogP contribution in [0, 0.1) is 0 Å². The molecular formula is C34H43N3O6. The predicted octanol–water partition coefficient (Wildman–Crippen LogP) is 5.81. The molecule has 3 aromatic carbocycles. The van der Waals surface area contributed by atoms with Gasteiger partial charge in [-0.1, -0.05) is 73.2 Å². The number of aliphatic hydroxyl groups excluding tert-OH is 1. The molecule has 4 unspecified atom stereocenters. The molecule has 0 radical (unpaired) electrons. The summed E-state index contributed by atoms with van der Waals surface area (Å²) < 4.78 is 13.0. The van der Waals surface area contributed by atoms with Gasteiger partial charge in [0.25, 0.3) is 0 Å². The van der Waals surface area contributed by atoms with Crippen molar-refractivity contribution in [1.29, 1.82) is 0 Å². The lowest BCUT2D eigenvalue weighted by molar-refractivity contribution is -0.253.